The SMILES string of the molecule is O=C(CCBr)c1c(F)cccc1I. The van der Waals surface area contributed by atoms with Gasteiger partial charge < -0.3 is 0 Å². The summed E-state index contributed by atoms with van der Waals surface area (Å²) < 4.78 is 13.9. The summed E-state index contributed by atoms with van der Waals surface area (Å²) in [6.07, 6.45) is 0.330. The molecule has 1 nitrogen and oxygen atoms in total. The second-order valence-electron chi connectivity index (χ2n) is 2.46. The van der Waals surface area contributed by atoms with Crippen LogP contribution in [0.2, 0.25) is 0 Å². The molecule has 0 aliphatic rings. The highest BCUT2D eigenvalue weighted by molar-refractivity contribution is 14.1. The van der Waals surface area contributed by atoms with Crippen LogP contribution in [0, 0.1) is 9.39 Å². The molecule has 0 radical (unpaired) electrons. The summed E-state index contributed by atoms with van der Waals surface area (Å²) in [6, 6.07) is 4.64. The first-order valence-corrected chi connectivity index (χ1v) is 5.90. The largest absolute Gasteiger partial charge is 0.294 e. The molecule has 0 bridgehead atoms. The number of carbonyl (C=O) groups is 1. The third-order valence-corrected chi connectivity index (χ3v) is 2.86. The van der Waals surface area contributed by atoms with Crippen molar-refractivity contribution in [2.75, 3.05) is 5.33 Å². The Bertz CT molecular complexity index is 307. The number of hydrogen-bond acceptors (Lipinski definition) is 1. The number of Topliss-reactive ketones (excluding diaryl/α,β-unsaturated/α-hetero) is 1. The summed E-state index contributed by atoms with van der Waals surface area (Å²) in [4.78, 5) is 11.4. The van der Waals surface area contributed by atoms with Crippen LogP contribution in [0.25, 0.3) is 0 Å². The van der Waals surface area contributed by atoms with Gasteiger partial charge in [0.05, 0.1) is 5.56 Å². The van der Waals surface area contributed by atoms with E-state index < -0.39 is 5.82 Å². The lowest BCUT2D eigenvalue weighted by Crippen LogP contribution is -2.05. The first-order valence-electron chi connectivity index (χ1n) is 3.70. The normalized spacial score (nSPS) is 10.1. The van der Waals surface area contributed by atoms with Gasteiger partial charge in [0.25, 0.3) is 0 Å². The molecular weight excluding hydrogens is 350 g/mol. The van der Waals surface area contributed by atoms with E-state index in [1.165, 1.54) is 6.07 Å². The second-order valence-corrected chi connectivity index (χ2v) is 4.41. The van der Waals surface area contributed by atoms with Crippen LogP contribution in [0.4, 0.5) is 4.39 Å². The Labute approximate surface area is 98.0 Å². The van der Waals surface area contributed by atoms with Crippen molar-refractivity contribution in [1.82, 2.24) is 0 Å². The van der Waals surface area contributed by atoms with Gasteiger partial charge in [0.15, 0.2) is 5.78 Å². The van der Waals surface area contributed by atoms with Crippen molar-refractivity contribution < 1.29 is 9.18 Å². The third kappa shape index (κ3) is 2.74. The van der Waals surface area contributed by atoms with Crippen molar-refractivity contribution in [2.24, 2.45) is 0 Å². The molecule has 4 heteroatoms. The number of rotatable bonds is 3. The van der Waals surface area contributed by atoms with Gasteiger partial charge >= 0.3 is 0 Å². The third-order valence-electron chi connectivity index (χ3n) is 1.56. The van der Waals surface area contributed by atoms with E-state index in [1.54, 1.807) is 12.1 Å². The van der Waals surface area contributed by atoms with Crippen LogP contribution in [0.1, 0.15) is 16.8 Å². The lowest BCUT2D eigenvalue weighted by atomic mass is 10.1. The highest BCUT2D eigenvalue weighted by Crippen LogP contribution is 2.17. The number of carbonyl (C=O) groups excluding carboxylic acids is 1. The highest BCUT2D eigenvalue weighted by Gasteiger charge is 2.13. The van der Waals surface area contributed by atoms with Crippen molar-refractivity contribution in [3.05, 3.63) is 33.1 Å². The molecule has 0 spiro atoms. The fourth-order valence-electron chi connectivity index (χ4n) is 0.975. The van der Waals surface area contributed by atoms with Crippen molar-refractivity contribution in [3.8, 4) is 0 Å². The number of ketones is 1. The zero-order valence-corrected chi connectivity index (χ0v) is 10.4. The predicted octanol–water partition coefficient (Wildman–Crippen LogP) is 3.40. The Morgan fingerprint density at radius 3 is 2.77 bits per heavy atom. The van der Waals surface area contributed by atoms with Crippen LogP contribution in [-0.4, -0.2) is 11.1 Å². The molecule has 1 rings (SSSR count). The van der Waals surface area contributed by atoms with Crippen LogP contribution in [0.3, 0.4) is 0 Å². The van der Waals surface area contributed by atoms with Gasteiger partial charge in [0.2, 0.25) is 0 Å². The summed E-state index contributed by atoms with van der Waals surface area (Å²) >= 11 is 5.12. The van der Waals surface area contributed by atoms with E-state index in [1.807, 2.05) is 22.6 Å². The fraction of sp³-hybridized carbons (Fsp3) is 0.222. The van der Waals surface area contributed by atoms with Crippen molar-refractivity contribution in [3.63, 3.8) is 0 Å². The van der Waals surface area contributed by atoms with E-state index in [-0.39, 0.29) is 11.3 Å². The molecule has 0 N–H and O–H groups in total. The van der Waals surface area contributed by atoms with Crippen molar-refractivity contribution in [1.29, 1.82) is 0 Å². The number of benzene rings is 1. The van der Waals surface area contributed by atoms with E-state index in [0.29, 0.717) is 15.3 Å². The zero-order chi connectivity index (χ0) is 9.84. The average Bonchev–Trinajstić information content (AvgIpc) is 2.04. The Morgan fingerprint density at radius 2 is 2.23 bits per heavy atom. The molecule has 70 valence electrons. The van der Waals surface area contributed by atoms with E-state index in [0.717, 1.165) is 0 Å². The van der Waals surface area contributed by atoms with Gasteiger partial charge in [0, 0.05) is 15.3 Å². The van der Waals surface area contributed by atoms with E-state index in [4.69, 9.17) is 0 Å². The summed E-state index contributed by atoms with van der Waals surface area (Å²) in [7, 11) is 0. The van der Waals surface area contributed by atoms with Gasteiger partial charge in [-0.2, -0.15) is 0 Å². The topological polar surface area (TPSA) is 17.1 Å². The molecule has 0 amide bonds. The van der Waals surface area contributed by atoms with Crippen LogP contribution >= 0.6 is 38.5 Å². The summed E-state index contributed by atoms with van der Waals surface area (Å²) in [5.41, 5.74) is 0.211. The average molecular weight is 357 g/mol. The lowest BCUT2D eigenvalue weighted by Gasteiger charge is -2.02. The summed E-state index contributed by atoms with van der Waals surface area (Å²) in [5, 5.41) is 0.566. The smallest absolute Gasteiger partial charge is 0.167 e. The van der Waals surface area contributed by atoms with Gasteiger partial charge in [-0.15, -0.1) is 0 Å². The minimum atomic E-state index is -0.433. The van der Waals surface area contributed by atoms with Crippen molar-refractivity contribution in [2.45, 2.75) is 6.42 Å². The minimum Gasteiger partial charge on any atom is -0.294 e. The molecule has 0 heterocycles. The first kappa shape index (κ1) is 11.1. The molecule has 0 saturated heterocycles. The van der Waals surface area contributed by atoms with Crippen LogP contribution in [0.15, 0.2) is 18.2 Å². The Hall–Kier alpha value is 0.0300. The van der Waals surface area contributed by atoms with Crippen LogP contribution in [0.5, 0.6) is 0 Å². The number of alkyl halides is 1. The van der Waals surface area contributed by atoms with Gasteiger partial charge in [-0.1, -0.05) is 22.0 Å². The Kier molecular flexibility index (Phi) is 4.31. The number of hydrogen-bond donors (Lipinski definition) is 0. The Balaban J connectivity index is 3.05. The predicted molar refractivity (Wildman–Crippen MR) is 61.9 cm³/mol. The van der Waals surface area contributed by atoms with Gasteiger partial charge in [-0.25, -0.2) is 4.39 Å². The fourth-order valence-corrected chi connectivity index (χ4v) is 2.10. The van der Waals surface area contributed by atoms with Gasteiger partial charge in [-0.3, -0.25) is 4.79 Å². The van der Waals surface area contributed by atoms with Gasteiger partial charge in [-0.05, 0) is 34.7 Å². The molecule has 1 aromatic rings. The lowest BCUT2D eigenvalue weighted by molar-refractivity contribution is 0.0985. The second kappa shape index (κ2) is 5.05. The molecule has 0 atom stereocenters. The first-order chi connectivity index (χ1) is 6.16. The van der Waals surface area contributed by atoms with Crippen LogP contribution < -0.4 is 0 Å². The minimum absolute atomic E-state index is 0.153. The molecule has 0 saturated carbocycles. The van der Waals surface area contributed by atoms with E-state index >= 15 is 0 Å². The van der Waals surface area contributed by atoms with Crippen LogP contribution in [-0.2, 0) is 0 Å². The molecule has 1 aromatic carbocycles. The molecule has 0 aromatic heterocycles. The maximum Gasteiger partial charge on any atom is 0.167 e. The van der Waals surface area contributed by atoms with E-state index in [2.05, 4.69) is 15.9 Å². The summed E-state index contributed by atoms with van der Waals surface area (Å²) in [5.74, 6) is -0.586. The molecular formula is C9H7BrFIO. The van der Waals surface area contributed by atoms with Gasteiger partial charge in [0.1, 0.15) is 5.82 Å². The molecule has 0 aliphatic carbocycles. The maximum absolute atomic E-state index is 13.2. The number of halogens is 3. The summed E-state index contributed by atoms with van der Waals surface area (Å²) in [6.45, 7) is 0. The molecule has 0 unspecified atom stereocenters. The standard InChI is InChI=1S/C9H7BrFIO/c10-5-4-8(13)9-6(11)2-1-3-7(9)12/h1-3H,4-5H2. The van der Waals surface area contributed by atoms with Crippen molar-refractivity contribution >= 4 is 44.3 Å². The Morgan fingerprint density at radius 1 is 1.54 bits per heavy atom. The highest BCUT2D eigenvalue weighted by atomic mass is 127. The monoisotopic (exact) mass is 356 g/mol. The molecule has 0 aliphatic heterocycles. The molecule has 0 fully saturated rings. The molecule has 13 heavy (non-hydrogen) atoms. The maximum atomic E-state index is 13.2. The van der Waals surface area contributed by atoms with E-state index in [9.17, 15) is 9.18 Å². The zero-order valence-electron chi connectivity index (χ0n) is 6.69. The quantitative estimate of drug-likeness (QED) is 0.461.